The van der Waals surface area contributed by atoms with Crippen LogP contribution in [0.15, 0.2) is 283 Å². The van der Waals surface area contributed by atoms with Gasteiger partial charge in [0.1, 0.15) is 11.2 Å². The first kappa shape index (κ1) is 40.6. The first-order valence-electron chi connectivity index (χ1n) is 24.6. The lowest BCUT2D eigenvalue weighted by Crippen LogP contribution is -2.14. The van der Waals surface area contributed by atoms with Crippen LogP contribution in [0.25, 0.3) is 88.0 Å². The van der Waals surface area contributed by atoms with Gasteiger partial charge < -0.3 is 14.2 Å². The third kappa shape index (κ3) is 7.86. The summed E-state index contributed by atoms with van der Waals surface area (Å²) in [4.78, 5) is 4.68. The second kappa shape index (κ2) is 17.9. The van der Waals surface area contributed by atoms with Gasteiger partial charge in [-0.1, -0.05) is 194 Å². The van der Waals surface area contributed by atoms with Crippen molar-refractivity contribution >= 4 is 77.6 Å². The molecule has 1 aromatic heterocycles. The maximum atomic E-state index is 10.1. The van der Waals surface area contributed by atoms with Gasteiger partial charge in [0.2, 0.25) is 0 Å². The highest BCUT2D eigenvalue weighted by atomic mass is 16.3. The van der Waals surface area contributed by atoms with Crippen LogP contribution in [0.5, 0.6) is 0 Å². The molecule has 3 heteroatoms. The average molecular weight is 908 g/mol. The van der Waals surface area contributed by atoms with Crippen molar-refractivity contribution in [3.05, 3.63) is 279 Å². The van der Waals surface area contributed by atoms with E-state index in [0.29, 0.717) is 6.04 Å². The Morgan fingerprint density at radius 1 is 0.254 bits per heavy atom. The molecular weight excluding hydrogens is 861 g/mol. The summed E-state index contributed by atoms with van der Waals surface area (Å²) in [5.41, 5.74) is 16.1. The third-order valence-corrected chi connectivity index (χ3v) is 13.7. The SMILES string of the molecule is [2H]c1c(-c2cc(N(c3ccc(-c4ccccc4)cc3)c3ccc(-c4ccccc4)cc3)cc(N(c3ccc(-c4ccccc4)cc3)c3ccc4c(c3)oc3ccccc34)c2)c2ccccc2c2ccccc12. The molecule has 0 amide bonds. The molecule has 1 heterocycles. The van der Waals surface area contributed by atoms with Crippen LogP contribution >= 0.6 is 0 Å². The predicted octanol–water partition coefficient (Wildman–Crippen LogP) is 19.5. The van der Waals surface area contributed by atoms with Gasteiger partial charge in [-0.2, -0.15) is 0 Å². The molecule has 0 atom stereocenters. The fraction of sp³-hybridized carbons (Fsp3) is 0. The zero-order valence-corrected chi connectivity index (χ0v) is 38.8. The number of benzene rings is 12. The minimum absolute atomic E-state index is 0.487. The normalized spacial score (nSPS) is 11.6. The van der Waals surface area contributed by atoms with Gasteiger partial charge in [0, 0.05) is 51.0 Å². The Kier molecular flexibility index (Phi) is 10.2. The van der Waals surface area contributed by atoms with Gasteiger partial charge in [0.05, 0.1) is 1.37 Å². The molecule has 0 bridgehead atoms. The van der Waals surface area contributed by atoms with Crippen molar-refractivity contribution in [3.63, 3.8) is 0 Å². The Morgan fingerprint density at radius 3 is 1.18 bits per heavy atom. The molecule has 13 rings (SSSR count). The standard InChI is InChI=1S/C68H46N2O/c1-4-16-47(17-5-1)50-28-34-55(35-29-50)69(56-36-30-51(31-37-56)48-18-6-2-7-19-48)59-42-54(66-44-53-22-10-11-23-61(53)62-24-12-13-25-63(62)66)43-60(45-59)70(57-38-32-52(33-39-57)49-20-8-3-9-21-49)58-40-41-65-64-26-14-15-27-67(64)71-68(65)46-58/h1-46H/i44D. The van der Waals surface area contributed by atoms with Crippen molar-refractivity contribution in [1.82, 2.24) is 0 Å². The van der Waals surface area contributed by atoms with E-state index in [2.05, 4.69) is 265 Å². The molecule has 0 saturated heterocycles. The second-order valence-corrected chi connectivity index (χ2v) is 18.0. The topological polar surface area (TPSA) is 19.6 Å². The minimum Gasteiger partial charge on any atom is -0.456 e. The minimum atomic E-state index is 0.487. The van der Waals surface area contributed by atoms with Crippen LogP contribution in [-0.4, -0.2) is 0 Å². The molecule has 0 saturated carbocycles. The van der Waals surface area contributed by atoms with E-state index in [1.54, 1.807) is 0 Å². The van der Waals surface area contributed by atoms with Crippen LogP contribution in [-0.2, 0) is 0 Å². The Morgan fingerprint density at radius 2 is 0.648 bits per heavy atom. The fourth-order valence-corrected chi connectivity index (χ4v) is 10.2. The molecule has 0 fully saturated rings. The van der Waals surface area contributed by atoms with Crippen LogP contribution < -0.4 is 9.80 Å². The van der Waals surface area contributed by atoms with Gasteiger partial charge in [-0.05, 0) is 145 Å². The van der Waals surface area contributed by atoms with Gasteiger partial charge in [0.15, 0.2) is 0 Å². The monoisotopic (exact) mass is 907 g/mol. The van der Waals surface area contributed by atoms with Crippen LogP contribution in [0.3, 0.4) is 0 Å². The van der Waals surface area contributed by atoms with Crippen molar-refractivity contribution in [1.29, 1.82) is 0 Å². The van der Waals surface area contributed by atoms with E-state index >= 15 is 0 Å². The quantitative estimate of drug-likeness (QED) is 0.128. The lowest BCUT2D eigenvalue weighted by molar-refractivity contribution is 0.669. The zero-order chi connectivity index (χ0) is 48.0. The number of anilines is 6. The van der Waals surface area contributed by atoms with Crippen molar-refractivity contribution < 1.29 is 5.79 Å². The van der Waals surface area contributed by atoms with Crippen molar-refractivity contribution in [2.45, 2.75) is 0 Å². The number of furan rings is 1. The lowest BCUT2D eigenvalue weighted by atomic mass is 9.92. The Bertz CT molecular complexity index is 3990. The molecule has 71 heavy (non-hydrogen) atoms. The third-order valence-electron chi connectivity index (χ3n) is 13.7. The highest BCUT2D eigenvalue weighted by Gasteiger charge is 2.22. The smallest absolute Gasteiger partial charge is 0.137 e. The van der Waals surface area contributed by atoms with Gasteiger partial charge in [-0.15, -0.1) is 0 Å². The molecule has 0 N–H and O–H groups in total. The van der Waals surface area contributed by atoms with Gasteiger partial charge in [0.25, 0.3) is 0 Å². The summed E-state index contributed by atoms with van der Waals surface area (Å²) in [7, 11) is 0. The summed E-state index contributed by atoms with van der Waals surface area (Å²) in [6, 6.07) is 97.1. The molecule has 0 spiro atoms. The molecule has 13 aromatic rings. The first-order valence-corrected chi connectivity index (χ1v) is 24.1. The molecule has 0 unspecified atom stereocenters. The number of fused-ring (bicyclic) bond motifs is 6. The number of para-hydroxylation sites is 1. The Labute approximate surface area is 414 Å². The second-order valence-electron chi connectivity index (χ2n) is 18.0. The van der Waals surface area contributed by atoms with E-state index in [4.69, 9.17) is 4.42 Å². The fourth-order valence-electron chi connectivity index (χ4n) is 10.2. The number of rotatable bonds is 10. The number of hydrogen-bond donors (Lipinski definition) is 0. The Hall–Kier alpha value is -9.44. The summed E-state index contributed by atoms with van der Waals surface area (Å²) < 4.78 is 16.7. The molecular formula is C68H46N2O. The summed E-state index contributed by atoms with van der Waals surface area (Å²) in [5.74, 6) is 0. The first-order chi connectivity index (χ1) is 35.6. The summed E-state index contributed by atoms with van der Waals surface area (Å²) >= 11 is 0. The molecule has 0 aliphatic carbocycles. The molecule has 0 aliphatic heterocycles. The highest BCUT2D eigenvalue weighted by Crippen LogP contribution is 2.47. The van der Waals surface area contributed by atoms with Gasteiger partial charge >= 0.3 is 0 Å². The van der Waals surface area contributed by atoms with Crippen LogP contribution in [0, 0.1) is 0 Å². The number of hydrogen-bond acceptors (Lipinski definition) is 3. The molecule has 12 aromatic carbocycles. The molecule has 0 radical (unpaired) electrons. The maximum absolute atomic E-state index is 10.1. The molecule has 3 nitrogen and oxygen atoms in total. The van der Waals surface area contributed by atoms with Crippen molar-refractivity contribution in [2.24, 2.45) is 0 Å². The largest absolute Gasteiger partial charge is 0.456 e. The van der Waals surface area contributed by atoms with E-state index in [0.717, 1.165) is 122 Å². The number of nitrogens with zero attached hydrogens (tertiary/aromatic N) is 2. The van der Waals surface area contributed by atoms with Gasteiger partial charge in [-0.25, -0.2) is 0 Å². The van der Waals surface area contributed by atoms with E-state index in [9.17, 15) is 1.37 Å². The highest BCUT2D eigenvalue weighted by molar-refractivity contribution is 6.14. The van der Waals surface area contributed by atoms with E-state index in [-0.39, 0.29) is 0 Å². The van der Waals surface area contributed by atoms with E-state index < -0.39 is 0 Å². The van der Waals surface area contributed by atoms with Crippen molar-refractivity contribution in [3.8, 4) is 44.5 Å². The van der Waals surface area contributed by atoms with Crippen LogP contribution in [0.4, 0.5) is 34.1 Å². The van der Waals surface area contributed by atoms with Gasteiger partial charge in [-0.3, -0.25) is 0 Å². The Balaban J connectivity index is 1.08. The summed E-state index contributed by atoms with van der Waals surface area (Å²) in [6.07, 6.45) is 0. The van der Waals surface area contributed by atoms with Crippen LogP contribution in [0.1, 0.15) is 1.37 Å². The summed E-state index contributed by atoms with van der Waals surface area (Å²) in [6.45, 7) is 0. The predicted molar refractivity (Wildman–Crippen MR) is 300 cm³/mol. The van der Waals surface area contributed by atoms with Crippen LogP contribution in [0.2, 0.25) is 0 Å². The average Bonchev–Trinajstić information content (AvgIpc) is 3.83. The maximum Gasteiger partial charge on any atom is 0.137 e. The van der Waals surface area contributed by atoms with Crippen molar-refractivity contribution in [2.75, 3.05) is 9.80 Å². The zero-order valence-electron chi connectivity index (χ0n) is 39.8. The van der Waals surface area contributed by atoms with E-state index in [1.165, 1.54) is 0 Å². The molecule has 334 valence electrons. The van der Waals surface area contributed by atoms with E-state index in [1.807, 2.05) is 18.2 Å². The lowest BCUT2D eigenvalue weighted by Gasteiger charge is -2.31. The summed E-state index contributed by atoms with van der Waals surface area (Å²) in [5, 5.41) is 6.26. The molecule has 0 aliphatic rings.